The summed E-state index contributed by atoms with van der Waals surface area (Å²) in [5.41, 5.74) is 10.6. The first-order valence-corrected chi connectivity index (χ1v) is 18.0. The molecule has 51 heavy (non-hydrogen) atoms. The van der Waals surface area contributed by atoms with Crippen LogP contribution in [0.3, 0.4) is 0 Å². The fourth-order valence-electron chi connectivity index (χ4n) is 9.53. The normalized spacial score (nSPS) is 13.5. The van der Waals surface area contributed by atoms with E-state index >= 15 is 0 Å². The number of hydrogen-bond donors (Lipinski definition) is 0. The van der Waals surface area contributed by atoms with Gasteiger partial charge in [0.05, 0.1) is 0 Å². The fourth-order valence-corrected chi connectivity index (χ4v) is 9.53. The molecule has 0 bridgehead atoms. The summed E-state index contributed by atoms with van der Waals surface area (Å²) in [6.07, 6.45) is 0. The lowest BCUT2D eigenvalue weighted by Crippen LogP contribution is -2.15. The Labute approximate surface area is 297 Å². The first kappa shape index (κ1) is 28.6. The van der Waals surface area contributed by atoms with Crippen molar-refractivity contribution in [2.75, 3.05) is 0 Å². The van der Waals surface area contributed by atoms with Gasteiger partial charge in [-0.05, 0) is 121 Å². The molecule has 0 saturated heterocycles. The van der Waals surface area contributed by atoms with Crippen molar-refractivity contribution in [2.45, 2.75) is 19.3 Å². The van der Waals surface area contributed by atoms with Gasteiger partial charge in [0.1, 0.15) is 0 Å². The maximum atomic E-state index is 2.53. The monoisotopic (exact) mass is 646 g/mol. The highest BCUT2D eigenvalue weighted by atomic mass is 14.4. The third-order valence-electron chi connectivity index (χ3n) is 11.8. The topological polar surface area (TPSA) is 0 Å². The molecule has 1 aliphatic rings. The van der Waals surface area contributed by atoms with Gasteiger partial charge in [0.25, 0.3) is 0 Å². The maximum Gasteiger partial charge on any atom is 0.0159 e. The van der Waals surface area contributed by atoms with Gasteiger partial charge >= 0.3 is 0 Å². The summed E-state index contributed by atoms with van der Waals surface area (Å²) in [7, 11) is 0. The molecule has 11 rings (SSSR count). The van der Waals surface area contributed by atoms with Crippen LogP contribution in [0.4, 0.5) is 0 Å². The van der Waals surface area contributed by atoms with Crippen molar-refractivity contribution in [3.63, 3.8) is 0 Å². The van der Waals surface area contributed by atoms with Crippen LogP contribution in [-0.2, 0) is 5.41 Å². The van der Waals surface area contributed by atoms with Crippen LogP contribution < -0.4 is 0 Å². The zero-order valence-corrected chi connectivity index (χ0v) is 28.7. The number of benzene rings is 10. The van der Waals surface area contributed by atoms with E-state index in [1.807, 2.05) is 0 Å². The molecule has 0 heteroatoms. The van der Waals surface area contributed by atoms with E-state index in [-0.39, 0.29) is 5.41 Å². The standard InChI is InChI=1S/C51H34/c1-51(2)46-26-14-13-25-42(46)50-37-20-8-7-19-35(37)45(30-47(50)51)49-40-23-11-9-21-38(40)48(39-22-10-12-24-41(39)49)44-29-43-32-16-4-3-15-31(32)27-28-36(43)33-17-5-6-18-34(33)44/h3-30H,1-2H3. The molecule has 0 fully saturated rings. The molecule has 0 amide bonds. The Balaban J connectivity index is 1.31. The molecule has 0 saturated carbocycles. The Morgan fingerprint density at radius 3 is 1.33 bits per heavy atom. The smallest absolute Gasteiger partial charge is 0.0159 e. The van der Waals surface area contributed by atoms with Crippen molar-refractivity contribution in [3.8, 4) is 33.4 Å². The average Bonchev–Trinajstić information content (AvgIpc) is 3.42. The van der Waals surface area contributed by atoms with Gasteiger partial charge < -0.3 is 0 Å². The fraction of sp³-hybridized carbons (Fsp3) is 0.0588. The number of hydrogen-bond acceptors (Lipinski definition) is 0. The van der Waals surface area contributed by atoms with E-state index < -0.39 is 0 Å². The molecule has 0 spiro atoms. The molecule has 0 radical (unpaired) electrons. The van der Waals surface area contributed by atoms with Crippen molar-refractivity contribution < 1.29 is 0 Å². The second-order valence-electron chi connectivity index (χ2n) is 14.8. The van der Waals surface area contributed by atoms with E-state index in [2.05, 4.69) is 184 Å². The summed E-state index contributed by atoms with van der Waals surface area (Å²) in [4.78, 5) is 0. The minimum Gasteiger partial charge on any atom is -0.0619 e. The van der Waals surface area contributed by atoms with Crippen LogP contribution in [0.5, 0.6) is 0 Å². The van der Waals surface area contributed by atoms with Gasteiger partial charge in [0, 0.05) is 5.41 Å². The summed E-state index contributed by atoms with van der Waals surface area (Å²) in [5, 5.41) is 15.5. The molecular weight excluding hydrogens is 613 g/mol. The van der Waals surface area contributed by atoms with Gasteiger partial charge in [-0.1, -0.05) is 172 Å². The molecule has 1 aliphatic carbocycles. The van der Waals surface area contributed by atoms with Crippen molar-refractivity contribution in [1.82, 2.24) is 0 Å². The Kier molecular flexibility index (Phi) is 5.82. The minimum atomic E-state index is -0.108. The molecule has 0 N–H and O–H groups in total. The summed E-state index contributed by atoms with van der Waals surface area (Å²) >= 11 is 0. The van der Waals surface area contributed by atoms with E-state index in [9.17, 15) is 0 Å². The van der Waals surface area contributed by atoms with Crippen LogP contribution in [0, 0.1) is 0 Å². The van der Waals surface area contributed by atoms with Gasteiger partial charge in [-0.3, -0.25) is 0 Å². The van der Waals surface area contributed by atoms with Crippen LogP contribution in [-0.4, -0.2) is 0 Å². The Bertz CT molecular complexity index is 3050. The van der Waals surface area contributed by atoms with Crippen molar-refractivity contribution in [2.24, 2.45) is 0 Å². The third-order valence-corrected chi connectivity index (χ3v) is 11.8. The van der Waals surface area contributed by atoms with E-state index in [1.54, 1.807) is 0 Å². The van der Waals surface area contributed by atoms with Crippen LogP contribution in [0.25, 0.3) is 98.0 Å². The van der Waals surface area contributed by atoms with Crippen LogP contribution >= 0.6 is 0 Å². The average molecular weight is 647 g/mol. The highest BCUT2D eigenvalue weighted by Gasteiger charge is 2.37. The number of rotatable bonds is 2. The largest absolute Gasteiger partial charge is 0.0619 e. The van der Waals surface area contributed by atoms with Crippen molar-refractivity contribution >= 4 is 64.6 Å². The first-order valence-electron chi connectivity index (χ1n) is 18.0. The van der Waals surface area contributed by atoms with Crippen molar-refractivity contribution in [1.29, 1.82) is 0 Å². The van der Waals surface area contributed by atoms with Gasteiger partial charge in [-0.25, -0.2) is 0 Å². The summed E-state index contributed by atoms with van der Waals surface area (Å²) < 4.78 is 0. The van der Waals surface area contributed by atoms with Gasteiger partial charge in [-0.2, -0.15) is 0 Å². The minimum absolute atomic E-state index is 0.108. The first-order chi connectivity index (χ1) is 25.1. The predicted octanol–water partition coefficient (Wildman–Crippen LogP) is 14.2. The van der Waals surface area contributed by atoms with Gasteiger partial charge in [0.15, 0.2) is 0 Å². The molecule has 0 aromatic heterocycles. The molecule has 238 valence electrons. The molecule has 10 aromatic carbocycles. The molecule has 10 aromatic rings. The molecule has 0 heterocycles. The molecule has 0 atom stereocenters. The van der Waals surface area contributed by atoms with Gasteiger partial charge in [0.2, 0.25) is 0 Å². The van der Waals surface area contributed by atoms with E-state index in [0.29, 0.717) is 0 Å². The second kappa shape index (κ2) is 10.4. The summed E-state index contributed by atoms with van der Waals surface area (Å²) in [6.45, 7) is 4.79. The Hall–Kier alpha value is -6.24. The van der Waals surface area contributed by atoms with Crippen LogP contribution in [0.1, 0.15) is 25.0 Å². The second-order valence-corrected chi connectivity index (χ2v) is 14.8. The molecule has 0 nitrogen and oxygen atoms in total. The molecule has 0 aliphatic heterocycles. The van der Waals surface area contributed by atoms with Crippen LogP contribution in [0.2, 0.25) is 0 Å². The lowest BCUT2D eigenvalue weighted by atomic mass is 9.78. The number of fused-ring (bicyclic) bond motifs is 12. The Morgan fingerprint density at radius 1 is 0.275 bits per heavy atom. The molecular formula is C51H34. The molecule has 0 unspecified atom stereocenters. The maximum absolute atomic E-state index is 2.53. The van der Waals surface area contributed by atoms with Crippen LogP contribution in [0.15, 0.2) is 170 Å². The highest BCUT2D eigenvalue weighted by molar-refractivity contribution is 6.29. The zero-order chi connectivity index (χ0) is 33.8. The Morgan fingerprint density at radius 2 is 0.706 bits per heavy atom. The van der Waals surface area contributed by atoms with Crippen molar-refractivity contribution in [3.05, 3.63) is 181 Å². The van der Waals surface area contributed by atoms with E-state index in [4.69, 9.17) is 0 Å². The van der Waals surface area contributed by atoms with E-state index in [0.717, 1.165) is 0 Å². The van der Waals surface area contributed by atoms with E-state index in [1.165, 1.54) is 109 Å². The lowest BCUT2D eigenvalue weighted by Gasteiger charge is -2.24. The third kappa shape index (κ3) is 3.85. The summed E-state index contributed by atoms with van der Waals surface area (Å²) in [5.74, 6) is 0. The highest BCUT2D eigenvalue weighted by Crippen LogP contribution is 2.55. The summed E-state index contributed by atoms with van der Waals surface area (Å²) in [6, 6.07) is 63.7. The quantitative estimate of drug-likeness (QED) is 0.129. The SMILES string of the molecule is CC1(C)c2ccccc2-c2c1cc(-c1c3ccccc3c(-c3cc4c5ccccc5ccc4c4ccccc34)c3ccccc13)c1ccccc21. The van der Waals surface area contributed by atoms with Gasteiger partial charge in [-0.15, -0.1) is 0 Å². The predicted molar refractivity (Wildman–Crippen MR) is 220 cm³/mol. The lowest BCUT2D eigenvalue weighted by molar-refractivity contribution is 0.661. The zero-order valence-electron chi connectivity index (χ0n) is 28.7.